The van der Waals surface area contributed by atoms with E-state index in [1.165, 1.54) is 4.68 Å². The summed E-state index contributed by atoms with van der Waals surface area (Å²) in [5, 5.41) is 3.10. The van der Waals surface area contributed by atoms with Crippen LogP contribution in [0.2, 0.25) is 0 Å². The Labute approximate surface area is 106 Å². The lowest BCUT2D eigenvalue weighted by atomic mass is 9.91. The monoisotopic (exact) mass is 245 g/mol. The maximum absolute atomic E-state index is 12.1. The molecule has 96 valence electrons. The molecule has 0 radical (unpaired) electrons. The van der Waals surface area contributed by atoms with Gasteiger partial charge in [0, 0.05) is 5.41 Å². The van der Waals surface area contributed by atoms with E-state index >= 15 is 0 Å². The first-order valence-electron chi connectivity index (χ1n) is 5.98. The number of hydrogen-bond acceptors (Lipinski definition) is 2. The first-order chi connectivity index (χ1) is 8.30. The summed E-state index contributed by atoms with van der Waals surface area (Å²) in [7, 11) is 0. The number of rotatable bonds is 1. The van der Waals surface area contributed by atoms with Gasteiger partial charge in [-0.05, 0) is 19.1 Å². The van der Waals surface area contributed by atoms with E-state index in [9.17, 15) is 4.79 Å². The average Bonchev–Trinajstić information content (AvgIpc) is 2.57. The Kier molecular flexibility index (Phi) is 2.81. The van der Waals surface area contributed by atoms with Crippen LogP contribution in [0.4, 0.5) is 5.69 Å². The van der Waals surface area contributed by atoms with Crippen molar-refractivity contribution in [3.05, 3.63) is 45.9 Å². The van der Waals surface area contributed by atoms with Crippen molar-refractivity contribution < 1.29 is 0 Å². The minimum atomic E-state index is -0.191. The van der Waals surface area contributed by atoms with Crippen molar-refractivity contribution in [2.75, 3.05) is 5.73 Å². The Morgan fingerprint density at radius 3 is 2.17 bits per heavy atom. The number of anilines is 1. The summed E-state index contributed by atoms with van der Waals surface area (Å²) in [4.78, 5) is 12.1. The Bertz CT molecular complexity index is 612. The maximum Gasteiger partial charge on any atom is 0.294 e. The molecule has 0 unspecified atom stereocenters. The summed E-state index contributed by atoms with van der Waals surface area (Å²) < 4.78 is 1.50. The highest BCUT2D eigenvalue weighted by Gasteiger charge is 2.23. The minimum Gasteiger partial charge on any atom is -0.393 e. The van der Waals surface area contributed by atoms with Gasteiger partial charge < -0.3 is 5.73 Å². The number of nitrogens with two attached hydrogens (primary N) is 1. The third kappa shape index (κ3) is 2.06. The molecule has 0 fully saturated rings. The summed E-state index contributed by atoms with van der Waals surface area (Å²) in [5.74, 6) is 0. The molecule has 0 aliphatic carbocycles. The van der Waals surface area contributed by atoms with Crippen LogP contribution >= 0.6 is 0 Å². The molecule has 0 saturated heterocycles. The van der Waals surface area contributed by atoms with Crippen molar-refractivity contribution in [3.8, 4) is 5.69 Å². The molecule has 2 aromatic rings. The molecular weight excluding hydrogens is 226 g/mol. The van der Waals surface area contributed by atoms with Crippen LogP contribution in [0.25, 0.3) is 5.69 Å². The van der Waals surface area contributed by atoms with Crippen LogP contribution in [-0.4, -0.2) is 9.78 Å². The highest BCUT2D eigenvalue weighted by atomic mass is 16.1. The fourth-order valence-electron chi connectivity index (χ4n) is 1.90. The number of nitrogens with one attached hydrogen (secondary N) is 1. The number of aromatic amines is 1. The minimum absolute atomic E-state index is 0.181. The van der Waals surface area contributed by atoms with E-state index in [-0.39, 0.29) is 11.0 Å². The number of aromatic nitrogens is 2. The molecule has 0 bridgehead atoms. The Hall–Kier alpha value is -1.97. The molecule has 0 spiro atoms. The topological polar surface area (TPSA) is 63.8 Å². The molecular formula is C14H19N3O. The fourth-order valence-corrected chi connectivity index (χ4v) is 1.90. The quantitative estimate of drug-likeness (QED) is 0.810. The summed E-state index contributed by atoms with van der Waals surface area (Å²) in [6.45, 7) is 8.08. The first-order valence-corrected chi connectivity index (χ1v) is 5.98. The predicted octanol–water partition coefficient (Wildman–Crippen LogP) is 2.35. The maximum atomic E-state index is 12.1. The van der Waals surface area contributed by atoms with E-state index in [1.807, 2.05) is 52.0 Å². The highest BCUT2D eigenvalue weighted by Crippen LogP contribution is 2.24. The van der Waals surface area contributed by atoms with Gasteiger partial charge in [0.2, 0.25) is 0 Å². The second-order valence-electron chi connectivity index (χ2n) is 5.63. The predicted molar refractivity (Wildman–Crippen MR) is 74.2 cm³/mol. The van der Waals surface area contributed by atoms with Crippen molar-refractivity contribution in [3.63, 3.8) is 0 Å². The van der Waals surface area contributed by atoms with Gasteiger partial charge in [-0.25, -0.2) is 4.68 Å². The molecule has 4 nitrogen and oxygen atoms in total. The van der Waals surface area contributed by atoms with Crippen molar-refractivity contribution >= 4 is 5.69 Å². The zero-order valence-corrected chi connectivity index (χ0v) is 11.2. The molecule has 0 aliphatic heterocycles. The molecule has 0 aliphatic rings. The van der Waals surface area contributed by atoms with Gasteiger partial charge in [-0.15, -0.1) is 0 Å². The molecule has 1 aromatic carbocycles. The number of benzene rings is 1. The smallest absolute Gasteiger partial charge is 0.294 e. The Morgan fingerprint density at radius 2 is 1.72 bits per heavy atom. The van der Waals surface area contributed by atoms with Gasteiger partial charge in [0.15, 0.2) is 0 Å². The summed E-state index contributed by atoms with van der Waals surface area (Å²) >= 11 is 0. The van der Waals surface area contributed by atoms with Crippen molar-refractivity contribution in [1.29, 1.82) is 0 Å². The Balaban J connectivity index is 2.60. The third-order valence-electron chi connectivity index (χ3n) is 2.97. The van der Waals surface area contributed by atoms with Crippen LogP contribution in [-0.2, 0) is 5.41 Å². The standard InChI is InChI=1S/C14H19N3O/c1-9-5-7-10(8-6-9)17-13(18)11(15)12(16-17)14(2,3)4/h5-8,16H,15H2,1-4H3. The zero-order valence-electron chi connectivity index (χ0n) is 11.2. The average molecular weight is 245 g/mol. The van der Waals surface area contributed by atoms with Crippen molar-refractivity contribution in [2.24, 2.45) is 0 Å². The normalized spacial score (nSPS) is 11.8. The summed E-state index contributed by atoms with van der Waals surface area (Å²) in [6, 6.07) is 7.74. The lowest BCUT2D eigenvalue weighted by Gasteiger charge is -2.16. The number of nitrogen functional groups attached to an aromatic ring is 1. The number of H-pyrrole nitrogens is 1. The van der Waals surface area contributed by atoms with E-state index in [4.69, 9.17) is 5.73 Å². The molecule has 1 heterocycles. The van der Waals surface area contributed by atoms with E-state index < -0.39 is 0 Å². The first kappa shape index (κ1) is 12.5. The van der Waals surface area contributed by atoms with Crippen LogP contribution in [0.3, 0.4) is 0 Å². The van der Waals surface area contributed by atoms with Crippen LogP contribution < -0.4 is 11.3 Å². The molecule has 18 heavy (non-hydrogen) atoms. The van der Waals surface area contributed by atoms with Gasteiger partial charge in [-0.2, -0.15) is 0 Å². The van der Waals surface area contributed by atoms with Gasteiger partial charge >= 0.3 is 0 Å². The number of hydrogen-bond donors (Lipinski definition) is 2. The highest BCUT2D eigenvalue weighted by molar-refractivity contribution is 5.47. The van der Waals surface area contributed by atoms with Gasteiger partial charge in [-0.3, -0.25) is 9.89 Å². The van der Waals surface area contributed by atoms with Gasteiger partial charge in [0.05, 0.1) is 11.4 Å². The molecule has 2 rings (SSSR count). The van der Waals surface area contributed by atoms with Crippen molar-refractivity contribution in [1.82, 2.24) is 9.78 Å². The summed E-state index contributed by atoms with van der Waals surface area (Å²) in [6.07, 6.45) is 0. The molecule has 1 aromatic heterocycles. The van der Waals surface area contributed by atoms with Crippen LogP contribution in [0, 0.1) is 6.92 Å². The van der Waals surface area contributed by atoms with E-state index in [1.54, 1.807) is 0 Å². The number of nitrogens with zero attached hydrogens (tertiary/aromatic N) is 1. The van der Waals surface area contributed by atoms with Gasteiger partial charge in [-0.1, -0.05) is 38.5 Å². The zero-order chi connectivity index (χ0) is 13.5. The van der Waals surface area contributed by atoms with Crippen LogP contribution in [0.1, 0.15) is 32.0 Å². The Morgan fingerprint density at radius 1 is 1.17 bits per heavy atom. The summed E-state index contributed by atoms with van der Waals surface area (Å²) in [5.41, 5.74) is 8.54. The molecule has 4 heteroatoms. The van der Waals surface area contributed by atoms with Crippen LogP contribution in [0.15, 0.2) is 29.1 Å². The largest absolute Gasteiger partial charge is 0.393 e. The van der Waals surface area contributed by atoms with E-state index in [2.05, 4.69) is 5.10 Å². The second-order valence-corrected chi connectivity index (χ2v) is 5.63. The third-order valence-corrected chi connectivity index (χ3v) is 2.97. The number of aryl methyl sites for hydroxylation is 1. The molecule has 0 saturated carbocycles. The SMILES string of the molecule is Cc1ccc(-n2[nH]c(C(C)(C)C)c(N)c2=O)cc1. The molecule has 0 atom stereocenters. The van der Waals surface area contributed by atoms with Crippen LogP contribution in [0.5, 0.6) is 0 Å². The second kappa shape index (κ2) is 4.05. The fraction of sp³-hybridized carbons (Fsp3) is 0.357. The van der Waals surface area contributed by atoms with Gasteiger partial charge in [0.1, 0.15) is 5.69 Å². The molecule has 0 amide bonds. The lowest BCUT2D eigenvalue weighted by Crippen LogP contribution is -2.17. The lowest BCUT2D eigenvalue weighted by molar-refractivity contribution is 0.562. The van der Waals surface area contributed by atoms with E-state index in [0.29, 0.717) is 5.69 Å². The van der Waals surface area contributed by atoms with E-state index in [0.717, 1.165) is 16.9 Å². The van der Waals surface area contributed by atoms with Gasteiger partial charge in [0.25, 0.3) is 5.56 Å². The van der Waals surface area contributed by atoms with Crippen molar-refractivity contribution in [2.45, 2.75) is 33.1 Å². The molecule has 3 N–H and O–H groups in total.